The summed E-state index contributed by atoms with van der Waals surface area (Å²) in [5.74, 6) is 0.419. The number of aliphatic imine (C=N–C) groups is 1. The SMILES string of the molecule is O=C1OCc2cc(C3=NCCO3)ccc21. The molecule has 0 aliphatic carbocycles. The minimum atomic E-state index is -0.245. The maximum absolute atomic E-state index is 11.2. The number of hydrogen-bond acceptors (Lipinski definition) is 4. The molecule has 3 rings (SSSR count). The quantitative estimate of drug-likeness (QED) is 0.643. The van der Waals surface area contributed by atoms with Crippen LogP contribution in [0.1, 0.15) is 21.5 Å². The molecule has 15 heavy (non-hydrogen) atoms. The van der Waals surface area contributed by atoms with Gasteiger partial charge in [0.05, 0.1) is 12.1 Å². The van der Waals surface area contributed by atoms with Crippen molar-refractivity contribution >= 4 is 11.9 Å². The maximum Gasteiger partial charge on any atom is 0.338 e. The lowest BCUT2D eigenvalue weighted by Gasteiger charge is -2.02. The first-order chi connectivity index (χ1) is 7.34. The summed E-state index contributed by atoms with van der Waals surface area (Å²) in [6, 6.07) is 5.52. The summed E-state index contributed by atoms with van der Waals surface area (Å²) in [6.07, 6.45) is 0. The number of benzene rings is 1. The third-order valence-electron chi connectivity index (χ3n) is 2.52. The molecule has 0 saturated heterocycles. The van der Waals surface area contributed by atoms with E-state index in [0.717, 1.165) is 11.1 Å². The maximum atomic E-state index is 11.2. The molecule has 4 heteroatoms. The number of cyclic esters (lactones) is 1. The van der Waals surface area contributed by atoms with Gasteiger partial charge in [-0.05, 0) is 18.2 Å². The molecule has 0 N–H and O–H groups in total. The minimum Gasteiger partial charge on any atom is -0.476 e. The average Bonchev–Trinajstić information content (AvgIpc) is 2.88. The van der Waals surface area contributed by atoms with Crippen LogP contribution in [0, 0.1) is 0 Å². The number of carbonyl (C=O) groups excluding carboxylic acids is 1. The molecule has 0 amide bonds. The molecular weight excluding hydrogens is 194 g/mol. The van der Waals surface area contributed by atoms with Crippen LogP contribution < -0.4 is 0 Å². The van der Waals surface area contributed by atoms with Crippen LogP contribution in [-0.2, 0) is 16.1 Å². The molecule has 0 unspecified atom stereocenters. The van der Waals surface area contributed by atoms with Crippen LogP contribution in [0.4, 0.5) is 0 Å². The number of rotatable bonds is 1. The molecule has 0 saturated carbocycles. The number of nitrogens with zero attached hydrogens (tertiary/aromatic N) is 1. The van der Waals surface area contributed by atoms with Gasteiger partial charge in [-0.15, -0.1) is 0 Å². The van der Waals surface area contributed by atoms with Gasteiger partial charge >= 0.3 is 5.97 Å². The molecule has 4 nitrogen and oxygen atoms in total. The molecular formula is C11H9NO3. The van der Waals surface area contributed by atoms with Gasteiger partial charge in [0.1, 0.15) is 13.2 Å². The van der Waals surface area contributed by atoms with Crippen LogP contribution in [0.2, 0.25) is 0 Å². The van der Waals surface area contributed by atoms with Gasteiger partial charge < -0.3 is 9.47 Å². The molecule has 76 valence electrons. The van der Waals surface area contributed by atoms with Crippen molar-refractivity contribution in [2.24, 2.45) is 4.99 Å². The van der Waals surface area contributed by atoms with Crippen molar-refractivity contribution in [1.82, 2.24) is 0 Å². The number of carbonyl (C=O) groups is 1. The molecule has 2 aliphatic heterocycles. The molecule has 1 aromatic carbocycles. The number of hydrogen-bond donors (Lipinski definition) is 0. The van der Waals surface area contributed by atoms with Crippen molar-refractivity contribution < 1.29 is 14.3 Å². The Bertz CT molecular complexity index is 465. The molecule has 2 heterocycles. The van der Waals surface area contributed by atoms with E-state index in [2.05, 4.69) is 4.99 Å². The lowest BCUT2D eigenvalue weighted by atomic mass is 10.1. The molecule has 0 bridgehead atoms. The lowest BCUT2D eigenvalue weighted by molar-refractivity contribution is 0.0535. The van der Waals surface area contributed by atoms with Crippen molar-refractivity contribution in [2.75, 3.05) is 13.2 Å². The molecule has 2 aliphatic rings. The largest absolute Gasteiger partial charge is 0.476 e. The second-order valence-electron chi connectivity index (χ2n) is 3.48. The Balaban J connectivity index is 2.02. The Morgan fingerprint density at radius 3 is 3.00 bits per heavy atom. The van der Waals surface area contributed by atoms with E-state index in [-0.39, 0.29) is 5.97 Å². The molecule has 0 radical (unpaired) electrons. The number of esters is 1. The zero-order valence-corrected chi connectivity index (χ0v) is 8.03. The smallest absolute Gasteiger partial charge is 0.338 e. The minimum absolute atomic E-state index is 0.245. The Morgan fingerprint density at radius 2 is 2.20 bits per heavy atom. The van der Waals surface area contributed by atoms with Gasteiger partial charge in [-0.25, -0.2) is 9.79 Å². The predicted molar refractivity (Wildman–Crippen MR) is 52.9 cm³/mol. The third-order valence-corrected chi connectivity index (χ3v) is 2.52. The zero-order chi connectivity index (χ0) is 10.3. The van der Waals surface area contributed by atoms with Gasteiger partial charge in [0.25, 0.3) is 0 Å². The normalized spacial score (nSPS) is 18.1. The van der Waals surface area contributed by atoms with E-state index in [1.165, 1.54) is 0 Å². The summed E-state index contributed by atoms with van der Waals surface area (Å²) in [5, 5.41) is 0. The van der Waals surface area contributed by atoms with E-state index < -0.39 is 0 Å². The summed E-state index contributed by atoms with van der Waals surface area (Å²) in [7, 11) is 0. The summed E-state index contributed by atoms with van der Waals surface area (Å²) < 4.78 is 10.3. The van der Waals surface area contributed by atoms with Gasteiger partial charge in [-0.1, -0.05) is 0 Å². The van der Waals surface area contributed by atoms with Crippen LogP contribution in [0.15, 0.2) is 23.2 Å². The number of fused-ring (bicyclic) bond motifs is 1. The standard InChI is InChI=1S/C11H9NO3/c13-11-9-2-1-7(5-8(9)6-15-11)10-12-3-4-14-10/h1-2,5H,3-4,6H2. The van der Waals surface area contributed by atoms with Crippen molar-refractivity contribution in [3.8, 4) is 0 Å². The highest BCUT2D eigenvalue weighted by atomic mass is 16.5. The van der Waals surface area contributed by atoms with Crippen LogP contribution in [0.5, 0.6) is 0 Å². The van der Waals surface area contributed by atoms with E-state index in [1.807, 2.05) is 12.1 Å². The van der Waals surface area contributed by atoms with Crippen molar-refractivity contribution in [3.63, 3.8) is 0 Å². The van der Waals surface area contributed by atoms with Gasteiger partial charge in [0, 0.05) is 11.1 Å². The van der Waals surface area contributed by atoms with Crippen molar-refractivity contribution in [1.29, 1.82) is 0 Å². The van der Waals surface area contributed by atoms with Gasteiger partial charge in [0.2, 0.25) is 5.90 Å². The van der Waals surface area contributed by atoms with Gasteiger partial charge in [0.15, 0.2) is 0 Å². The third kappa shape index (κ3) is 1.29. The number of ether oxygens (including phenoxy) is 2. The highest BCUT2D eigenvalue weighted by molar-refractivity contribution is 5.98. The predicted octanol–water partition coefficient (Wildman–Crippen LogP) is 1.13. The fourth-order valence-corrected chi connectivity index (χ4v) is 1.78. The van der Waals surface area contributed by atoms with Crippen molar-refractivity contribution in [2.45, 2.75) is 6.61 Å². The van der Waals surface area contributed by atoms with Crippen LogP contribution >= 0.6 is 0 Å². The van der Waals surface area contributed by atoms with E-state index in [0.29, 0.717) is 31.2 Å². The summed E-state index contributed by atoms with van der Waals surface area (Å²) in [6.45, 7) is 1.71. The highest BCUT2D eigenvalue weighted by Gasteiger charge is 2.22. The second kappa shape index (κ2) is 3.08. The van der Waals surface area contributed by atoms with Gasteiger partial charge in [-0.3, -0.25) is 0 Å². The Hall–Kier alpha value is -1.84. The fourth-order valence-electron chi connectivity index (χ4n) is 1.78. The first kappa shape index (κ1) is 8.47. The van der Waals surface area contributed by atoms with Crippen LogP contribution in [0.3, 0.4) is 0 Å². The van der Waals surface area contributed by atoms with E-state index in [1.54, 1.807) is 6.07 Å². The first-order valence-corrected chi connectivity index (χ1v) is 4.82. The molecule has 1 aromatic rings. The fraction of sp³-hybridized carbons (Fsp3) is 0.273. The molecule has 0 atom stereocenters. The molecule has 0 spiro atoms. The van der Waals surface area contributed by atoms with Gasteiger partial charge in [-0.2, -0.15) is 0 Å². The summed E-state index contributed by atoms with van der Waals surface area (Å²) in [4.78, 5) is 15.4. The lowest BCUT2D eigenvalue weighted by Crippen LogP contribution is -2.02. The zero-order valence-electron chi connectivity index (χ0n) is 8.03. The summed E-state index contributed by atoms with van der Waals surface area (Å²) in [5.41, 5.74) is 2.48. The first-order valence-electron chi connectivity index (χ1n) is 4.82. The topological polar surface area (TPSA) is 47.9 Å². The van der Waals surface area contributed by atoms with E-state index in [9.17, 15) is 4.79 Å². The second-order valence-corrected chi connectivity index (χ2v) is 3.48. The van der Waals surface area contributed by atoms with E-state index in [4.69, 9.17) is 9.47 Å². The highest BCUT2D eigenvalue weighted by Crippen LogP contribution is 2.22. The Morgan fingerprint density at radius 1 is 1.27 bits per heavy atom. The molecule has 0 fully saturated rings. The van der Waals surface area contributed by atoms with Crippen LogP contribution in [0.25, 0.3) is 0 Å². The summed E-state index contributed by atoms with van der Waals surface area (Å²) >= 11 is 0. The Kier molecular flexibility index (Phi) is 1.74. The van der Waals surface area contributed by atoms with Crippen LogP contribution in [-0.4, -0.2) is 25.0 Å². The Labute approximate surface area is 86.5 Å². The monoisotopic (exact) mass is 203 g/mol. The van der Waals surface area contributed by atoms with Crippen molar-refractivity contribution in [3.05, 3.63) is 34.9 Å². The average molecular weight is 203 g/mol. The van der Waals surface area contributed by atoms with E-state index >= 15 is 0 Å². The molecule has 0 aromatic heterocycles.